The molecular weight excluding hydrogens is 322 g/mol. The second kappa shape index (κ2) is 7.08. The summed E-state index contributed by atoms with van der Waals surface area (Å²) in [5.41, 5.74) is 2.06. The summed E-state index contributed by atoms with van der Waals surface area (Å²) in [5, 5.41) is 6.79. The van der Waals surface area contributed by atoms with Crippen LogP contribution in [0.15, 0.2) is 21.5 Å². The van der Waals surface area contributed by atoms with Crippen LogP contribution in [0.2, 0.25) is 0 Å². The number of urea groups is 1. The summed E-state index contributed by atoms with van der Waals surface area (Å²) in [6, 6.07) is 3.50. The largest absolute Gasteiger partial charge is 0.359 e. The Bertz CT molecular complexity index is 826. The number of nitrogens with zero attached hydrogens (tertiary/aromatic N) is 4. The molecule has 1 saturated heterocycles. The van der Waals surface area contributed by atoms with Gasteiger partial charge >= 0.3 is 11.7 Å². The summed E-state index contributed by atoms with van der Waals surface area (Å²) in [5.74, 6) is 0.722. The Balaban J connectivity index is 1.60. The van der Waals surface area contributed by atoms with Gasteiger partial charge in [0.25, 0.3) is 0 Å². The fraction of sp³-hybridized carbons (Fsp3) is 0.529. The van der Waals surface area contributed by atoms with Gasteiger partial charge in [-0.15, -0.1) is 0 Å². The second-order valence-electron chi connectivity index (χ2n) is 6.43. The van der Waals surface area contributed by atoms with E-state index in [0.717, 1.165) is 30.0 Å². The molecule has 3 heterocycles. The van der Waals surface area contributed by atoms with Crippen molar-refractivity contribution in [2.75, 3.05) is 13.1 Å². The number of nitrogens with one attached hydrogen (secondary N) is 1. The van der Waals surface area contributed by atoms with Gasteiger partial charge in [-0.2, -0.15) is 4.98 Å². The van der Waals surface area contributed by atoms with Gasteiger partial charge in [-0.25, -0.2) is 9.59 Å². The average Bonchev–Trinajstić information content (AvgIpc) is 3.18. The minimum atomic E-state index is -0.289. The summed E-state index contributed by atoms with van der Waals surface area (Å²) in [6.07, 6.45) is 1.79. The van der Waals surface area contributed by atoms with Gasteiger partial charge in [-0.05, 0) is 39.7 Å². The predicted octanol–water partition coefficient (Wildman–Crippen LogP) is 1.70. The highest BCUT2D eigenvalue weighted by atomic mass is 16.5. The lowest BCUT2D eigenvalue weighted by atomic mass is 10.1. The summed E-state index contributed by atoms with van der Waals surface area (Å²) in [7, 11) is 0. The van der Waals surface area contributed by atoms with E-state index in [0.29, 0.717) is 25.3 Å². The number of rotatable bonds is 4. The number of carbonyl (C=O) groups is 1. The summed E-state index contributed by atoms with van der Waals surface area (Å²) < 4.78 is 6.88. The third-order valence-electron chi connectivity index (χ3n) is 4.45. The Morgan fingerprint density at radius 2 is 2.12 bits per heavy atom. The van der Waals surface area contributed by atoms with Gasteiger partial charge in [-0.3, -0.25) is 4.57 Å². The van der Waals surface area contributed by atoms with Gasteiger partial charge in [0.15, 0.2) is 5.76 Å². The third kappa shape index (κ3) is 3.72. The van der Waals surface area contributed by atoms with Crippen LogP contribution < -0.4 is 11.0 Å². The van der Waals surface area contributed by atoms with Crippen molar-refractivity contribution in [3.63, 3.8) is 0 Å². The van der Waals surface area contributed by atoms with E-state index in [2.05, 4.69) is 15.5 Å². The van der Waals surface area contributed by atoms with Crippen molar-refractivity contribution < 1.29 is 9.32 Å². The van der Waals surface area contributed by atoms with Crippen LogP contribution in [-0.4, -0.2) is 38.7 Å². The fourth-order valence-corrected chi connectivity index (χ4v) is 3.27. The van der Waals surface area contributed by atoms with Crippen LogP contribution >= 0.6 is 0 Å². The number of hydrogen-bond acceptors (Lipinski definition) is 5. The first-order valence-electron chi connectivity index (χ1n) is 8.48. The molecule has 3 rings (SSSR count). The van der Waals surface area contributed by atoms with E-state index in [4.69, 9.17) is 4.52 Å². The zero-order valence-electron chi connectivity index (χ0n) is 14.8. The topological polar surface area (TPSA) is 93.3 Å². The molecule has 134 valence electrons. The molecule has 0 unspecified atom stereocenters. The molecule has 0 saturated carbocycles. The third-order valence-corrected chi connectivity index (χ3v) is 4.45. The molecule has 2 aromatic heterocycles. The highest BCUT2D eigenvalue weighted by molar-refractivity contribution is 5.75. The smallest absolute Gasteiger partial charge is 0.348 e. The normalized spacial score (nSPS) is 17.1. The van der Waals surface area contributed by atoms with Crippen molar-refractivity contribution in [2.24, 2.45) is 0 Å². The number of hydrogen-bond donors (Lipinski definition) is 1. The monoisotopic (exact) mass is 345 g/mol. The van der Waals surface area contributed by atoms with E-state index < -0.39 is 0 Å². The average molecular weight is 345 g/mol. The van der Waals surface area contributed by atoms with E-state index >= 15 is 0 Å². The first-order chi connectivity index (χ1) is 12.0. The quantitative estimate of drug-likeness (QED) is 0.910. The van der Waals surface area contributed by atoms with Crippen molar-refractivity contribution in [1.82, 2.24) is 24.9 Å². The molecule has 2 aromatic rings. The maximum absolute atomic E-state index is 12.5. The van der Waals surface area contributed by atoms with Gasteiger partial charge in [0, 0.05) is 37.1 Å². The number of carbonyl (C=O) groups excluding carboxylic acids is 1. The van der Waals surface area contributed by atoms with Crippen molar-refractivity contribution in [2.45, 2.75) is 46.2 Å². The van der Waals surface area contributed by atoms with Gasteiger partial charge < -0.3 is 14.7 Å². The molecule has 0 radical (unpaired) electrons. The molecule has 25 heavy (non-hydrogen) atoms. The van der Waals surface area contributed by atoms with Gasteiger partial charge in [0.1, 0.15) is 0 Å². The number of likely N-dealkylation sites (tertiary alicyclic amines) is 1. The molecule has 8 nitrogen and oxygen atoms in total. The van der Waals surface area contributed by atoms with Crippen LogP contribution in [0.5, 0.6) is 0 Å². The number of amides is 2. The van der Waals surface area contributed by atoms with E-state index in [1.165, 1.54) is 0 Å². The molecule has 0 bridgehead atoms. The molecule has 1 atom stereocenters. The summed E-state index contributed by atoms with van der Waals surface area (Å²) in [4.78, 5) is 30.1. The van der Waals surface area contributed by atoms with Crippen LogP contribution in [0.4, 0.5) is 4.79 Å². The Morgan fingerprint density at radius 1 is 1.32 bits per heavy atom. The molecule has 1 aliphatic heterocycles. The lowest BCUT2D eigenvalue weighted by Crippen LogP contribution is -2.41. The van der Waals surface area contributed by atoms with Gasteiger partial charge in [0.2, 0.25) is 0 Å². The van der Waals surface area contributed by atoms with Gasteiger partial charge in [-0.1, -0.05) is 5.16 Å². The van der Waals surface area contributed by atoms with Crippen LogP contribution in [0, 0.1) is 20.8 Å². The van der Waals surface area contributed by atoms with Crippen LogP contribution in [0.1, 0.15) is 41.7 Å². The van der Waals surface area contributed by atoms with E-state index in [9.17, 15) is 9.59 Å². The Hall–Kier alpha value is -2.64. The molecule has 2 amide bonds. The molecule has 1 aliphatic rings. The Morgan fingerprint density at radius 3 is 2.80 bits per heavy atom. The predicted molar refractivity (Wildman–Crippen MR) is 91.3 cm³/mol. The van der Waals surface area contributed by atoms with Crippen LogP contribution in [0.3, 0.4) is 0 Å². The highest BCUT2D eigenvalue weighted by Crippen LogP contribution is 2.32. The standard InChI is InChI=1S/C17H23N5O3/c1-11-9-13(3)21(17(24)19-11)8-6-18-16(23)22-7-4-5-14(22)15-10-12(2)20-25-15/h9-10,14H,4-8H2,1-3H3,(H,18,23)/t14-/m1/s1. The maximum Gasteiger partial charge on any atom is 0.348 e. The lowest BCUT2D eigenvalue weighted by Gasteiger charge is -2.23. The van der Waals surface area contributed by atoms with Crippen molar-refractivity contribution in [3.8, 4) is 0 Å². The summed E-state index contributed by atoms with van der Waals surface area (Å²) >= 11 is 0. The van der Waals surface area contributed by atoms with E-state index in [1.807, 2.05) is 26.0 Å². The van der Waals surface area contributed by atoms with E-state index in [1.54, 1.807) is 16.4 Å². The molecule has 1 N–H and O–H groups in total. The van der Waals surface area contributed by atoms with Crippen LogP contribution in [-0.2, 0) is 6.54 Å². The highest BCUT2D eigenvalue weighted by Gasteiger charge is 2.32. The van der Waals surface area contributed by atoms with Gasteiger partial charge in [0.05, 0.1) is 11.7 Å². The zero-order chi connectivity index (χ0) is 18.0. The first kappa shape index (κ1) is 17.2. The number of aryl methyl sites for hydroxylation is 3. The second-order valence-corrected chi connectivity index (χ2v) is 6.43. The van der Waals surface area contributed by atoms with Crippen molar-refractivity contribution >= 4 is 6.03 Å². The Labute approximate surface area is 145 Å². The molecule has 1 fully saturated rings. The maximum atomic E-state index is 12.5. The molecular formula is C17H23N5O3. The minimum absolute atomic E-state index is 0.0771. The lowest BCUT2D eigenvalue weighted by molar-refractivity contribution is 0.182. The van der Waals surface area contributed by atoms with E-state index in [-0.39, 0.29) is 17.8 Å². The molecule has 0 aliphatic carbocycles. The minimum Gasteiger partial charge on any atom is -0.359 e. The molecule has 8 heteroatoms. The SMILES string of the molecule is Cc1cc([C@H]2CCCN2C(=O)NCCn2c(C)cc(C)nc2=O)on1. The molecule has 0 spiro atoms. The first-order valence-corrected chi connectivity index (χ1v) is 8.48. The Kier molecular flexibility index (Phi) is 4.87. The molecule has 0 aromatic carbocycles. The van der Waals surface area contributed by atoms with Crippen molar-refractivity contribution in [3.05, 3.63) is 45.5 Å². The summed E-state index contributed by atoms with van der Waals surface area (Å²) in [6.45, 7) is 6.95. The number of aromatic nitrogens is 3. The van der Waals surface area contributed by atoms with Crippen molar-refractivity contribution in [1.29, 1.82) is 0 Å². The zero-order valence-corrected chi connectivity index (χ0v) is 14.8. The van der Waals surface area contributed by atoms with Crippen LogP contribution in [0.25, 0.3) is 0 Å². The fourth-order valence-electron chi connectivity index (χ4n) is 3.27.